The van der Waals surface area contributed by atoms with Gasteiger partial charge in [0, 0.05) is 0 Å². The summed E-state index contributed by atoms with van der Waals surface area (Å²) in [5, 5.41) is 0. The molecule has 33 heavy (non-hydrogen) atoms. The lowest BCUT2D eigenvalue weighted by atomic mass is 9.74. The molecule has 2 rings (SSSR count). The van der Waals surface area contributed by atoms with E-state index >= 15 is 0 Å². The average Bonchev–Trinajstić information content (AvgIpc) is 2.80. The number of nitrogens with zero attached hydrogens (tertiary/aromatic N) is 1. The Hall–Kier alpha value is -2.57. The van der Waals surface area contributed by atoms with Crippen LogP contribution >= 0.6 is 0 Å². The second-order valence-corrected chi connectivity index (χ2v) is 9.69. The van der Waals surface area contributed by atoms with E-state index in [-0.39, 0.29) is 19.1 Å². The maximum absolute atomic E-state index is 13.7. The van der Waals surface area contributed by atoms with Gasteiger partial charge in [-0.15, -0.1) is 0 Å². The lowest BCUT2D eigenvalue weighted by molar-refractivity contribution is -0.166. The third-order valence-electron chi connectivity index (χ3n) is 5.80. The minimum Gasteiger partial charge on any atom is -0.464 e. The summed E-state index contributed by atoms with van der Waals surface area (Å²) in [6, 6.07) is 9.24. The van der Waals surface area contributed by atoms with Crippen LogP contribution in [0.25, 0.3) is 0 Å². The van der Waals surface area contributed by atoms with E-state index in [4.69, 9.17) is 15.6 Å². The molecule has 1 aromatic rings. The van der Waals surface area contributed by atoms with Gasteiger partial charge in [0.1, 0.15) is 24.3 Å². The molecule has 1 saturated carbocycles. The summed E-state index contributed by atoms with van der Waals surface area (Å²) in [4.78, 5) is 40.8. The Morgan fingerprint density at radius 2 is 1.67 bits per heavy atom. The summed E-state index contributed by atoms with van der Waals surface area (Å²) >= 11 is 0. The van der Waals surface area contributed by atoms with E-state index < -0.39 is 35.7 Å². The van der Waals surface area contributed by atoms with Crippen molar-refractivity contribution < 1.29 is 30.0 Å². The topological polar surface area (TPSA) is 82.1 Å². The van der Waals surface area contributed by atoms with Gasteiger partial charge in [0.25, 0.3) is 0 Å². The number of amides is 1. The molecule has 0 N–H and O–H groups in total. The molecular weight excluding hydrogens is 422 g/mol. The van der Waals surface area contributed by atoms with Crippen LogP contribution in [0.5, 0.6) is 0 Å². The van der Waals surface area contributed by atoms with Gasteiger partial charge in [-0.1, -0.05) is 56.5 Å². The van der Waals surface area contributed by atoms with Crippen LogP contribution in [0.2, 0.25) is 0 Å². The van der Waals surface area contributed by atoms with E-state index in [2.05, 4.69) is 0 Å². The van der Waals surface area contributed by atoms with Crippen LogP contribution in [0.3, 0.4) is 0 Å². The maximum Gasteiger partial charge on any atom is 0.411 e. The van der Waals surface area contributed by atoms with E-state index in [1.165, 1.54) is 0 Å². The molecular formula is C26H39NO6. The normalized spacial score (nSPS) is 17.8. The van der Waals surface area contributed by atoms with Crippen molar-refractivity contribution in [3.8, 4) is 0 Å². The molecule has 1 amide bonds. The van der Waals surface area contributed by atoms with Crippen LogP contribution in [-0.2, 0) is 30.4 Å². The molecule has 1 aliphatic carbocycles. The molecule has 0 aliphatic heterocycles. The Labute approximate surface area is 199 Å². The average molecular weight is 463 g/mol. The number of esters is 2. The van der Waals surface area contributed by atoms with Gasteiger partial charge >= 0.3 is 18.0 Å². The zero-order valence-electron chi connectivity index (χ0n) is 21.6. The first-order valence-corrected chi connectivity index (χ1v) is 11.8. The first-order chi connectivity index (χ1) is 16.0. The van der Waals surface area contributed by atoms with Crippen molar-refractivity contribution in [1.82, 2.24) is 4.90 Å². The second kappa shape index (κ2) is 12.1. The number of benzene rings is 1. The van der Waals surface area contributed by atoms with E-state index in [9.17, 15) is 14.4 Å². The minimum absolute atomic E-state index is 0.0209. The standard InChI is InChI=1S/C26H39NO6/c1-6-17-31-22(28)18-27(24(30)33-25(2,3)4)26(5,21-15-11-8-12-16-21)23(29)32-19-20-13-9-7-10-14-20/h7,9-10,13-14,21H,6,8,11-12,15-19H2,1-5H3/t26-/m1/s1/i18D/t18?,26-. The third-order valence-corrected chi connectivity index (χ3v) is 5.80. The molecule has 1 aromatic carbocycles. The molecule has 1 fully saturated rings. The molecule has 184 valence electrons. The van der Waals surface area contributed by atoms with Crippen LogP contribution < -0.4 is 0 Å². The summed E-state index contributed by atoms with van der Waals surface area (Å²) in [5.74, 6) is -1.84. The van der Waals surface area contributed by atoms with Gasteiger partial charge in [0.05, 0.1) is 7.98 Å². The number of ether oxygens (including phenoxy) is 3. The predicted molar refractivity (Wildman–Crippen MR) is 125 cm³/mol. The first kappa shape index (κ1) is 25.1. The van der Waals surface area contributed by atoms with Crippen molar-refractivity contribution in [3.63, 3.8) is 0 Å². The van der Waals surface area contributed by atoms with Gasteiger partial charge in [-0.2, -0.15) is 0 Å². The number of carbonyl (C=O) groups is 3. The van der Waals surface area contributed by atoms with E-state index in [0.29, 0.717) is 19.3 Å². The summed E-state index contributed by atoms with van der Waals surface area (Å²) in [7, 11) is 0. The molecule has 0 aromatic heterocycles. The smallest absolute Gasteiger partial charge is 0.411 e. The van der Waals surface area contributed by atoms with Crippen molar-refractivity contribution in [2.45, 2.75) is 90.9 Å². The predicted octanol–water partition coefficient (Wildman–Crippen LogP) is 5.26. The van der Waals surface area contributed by atoms with Crippen LogP contribution in [0, 0.1) is 5.92 Å². The Bertz CT molecular complexity index is 818. The summed E-state index contributed by atoms with van der Waals surface area (Å²) < 4.78 is 25.1. The Kier molecular flexibility index (Phi) is 9.15. The number of hydrogen-bond acceptors (Lipinski definition) is 6. The molecule has 7 nitrogen and oxygen atoms in total. The van der Waals surface area contributed by atoms with Crippen LogP contribution in [0.15, 0.2) is 30.3 Å². The Morgan fingerprint density at radius 3 is 2.24 bits per heavy atom. The largest absolute Gasteiger partial charge is 0.464 e. The third kappa shape index (κ3) is 7.76. The highest BCUT2D eigenvalue weighted by Crippen LogP contribution is 2.38. The molecule has 0 heterocycles. The fraction of sp³-hybridized carbons (Fsp3) is 0.654. The van der Waals surface area contributed by atoms with Gasteiger partial charge in [-0.25, -0.2) is 9.59 Å². The molecule has 0 radical (unpaired) electrons. The van der Waals surface area contributed by atoms with Gasteiger partial charge in [0.2, 0.25) is 0 Å². The van der Waals surface area contributed by atoms with E-state index in [1.54, 1.807) is 27.7 Å². The van der Waals surface area contributed by atoms with Gasteiger partial charge in [-0.3, -0.25) is 9.69 Å². The second-order valence-electron chi connectivity index (χ2n) is 9.69. The van der Waals surface area contributed by atoms with Gasteiger partial charge in [-0.05, 0) is 58.4 Å². The fourth-order valence-electron chi connectivity index (χ4n) is 4.03. The lowest BCUT2D eigenvalue weighted by Crippen LogP contribution is -2.62. The fourth-order valence-corrected chi connectivity index (χ4v) is 4.03. The Morgan fingerprint density at radius 1 is 1.03 bits per heavy atom. The maximum atomic E-state index is 13.7. The van der Waals surface area contributed by atoms with Crippen LogP contribution in [0.1, 0.15) is 80.1 Å². The quantitative estimate of drug-likeness (QED) is 0.368. The zero-order valence-corrected chi connectivity index (χ0v) is 20.6. The van der Waals surface area contributed by atoms with Crippen molar-refractivity contribution >= 4 is 18.0 Å². The summed E-state index contributed by atoms with van der Waals surface area (Å²) in [5.41, 5.74) is -1.66. The van der Waals surface area contributed by atoms with Crippen LogP contribution in [0.4, 0.5) is 4.79 Å². The zero-order chi connectivity index (χ0) is 25.4. The SMILES string of the molecule is [2H]C(C(=O)OCCC)N(C(=O)OC(C)(C)C)[C@@](C)(C(=O)OCc1ccccc1)C1CCCCC1. The van der Waals surface area contributed by atoms with Crippen LogP contribution in [-0.4, -0.2) is 47.2 Å². The highest BCUT2D eigenvalue weighted by molar-refractivity contribution is 5.88. The highest BCUT2D eigenvalue weighted by Gasteiger charge is 2.51. The summed E-state index contributed by atoms with van der Waals surface area (Å²) in [6.07, 6.45) is 3.81. The monoisotopic (exact) mass is 462 g/mol. The van der Waals surface area contributed by atoms with Crippen molar-refractivity contribution in [2.24, 2.45) is 5.92 Å². The Balaban J connectivity index is 2.46. The highest BCUT2D eigenvalue weighted by atomic mass is 16.6. The molecule has 0 saturated heterocycles. The lowest BCUT2D eigenvalue weighted by Gasteiger charge is -2.45. The molecule has 2 atom stereocenters. The summed E-state index contributed by atoms with van der Waals surface area (Å²) in [6.45, 7) is 6.90. The molecule has 1 unspecified atom stereocenters. The van der Waals surface area contributed by atoms with E-state index in [1.807, 2.05) is 37.3 Å². The minimum atomic E-state index is -1.77. The van der Waals surface area contributed by atoms with Crippen molar-refractivity contribution in [2.75, 3.05) is 13.1 Å². The number of hydrogen-bond donors (Lipinski definition) is 0. The molecule has 0 bridgehead atoms. The van der Waals surface area contributed by atoms with Gasteiger partial charge < -0.3 is 14.2 Å². The number of carbonyl (C=O) groups excluding carboxylic acids is 3. The molecule has 0 spiro atoms. The van der Waals surface area contributed by atoms with Gasteiger partial charge in [0.15, 0.2) is 0 Å². The first-order valence-electron chi connectivity index (χ1n) is 12.4. The molecule has 7 heteroatoms. The molecule has 1 aliphatic rings. The van der Waals surface area contributed by atoms with Crippen molar-refractivity contribution in [1.29, 1.82) is 0 Å². The van der Waals surface area contributed by atoms with E-state index in [0.717, 1.165) is 29.7 Å². The number of rotatable bonds is 9. The van der Waals surface area contributed by atoms with Crippen molar-refractivity contribution in [3.05, 3.63) is 35.9 Å².